The van der Waals surface area contributed by atoms with Crippen molar-refractivity contribution in [2.45, 2.75) is 19.3 Å². The van der Waals surface area contributed by atoms with E-state index < -0.39 is 0 Å². The third-order valence-corrected chi connectivity index (χ3v) is 5.87. The van der Waals surface area contributed by atoms with Gasteiger partial charge in [0, 0.05) is 48.7 Å². The Labute approximate surface area is 196 Å². The minimum absolute atomic E-state index is 0.106. The molecule has 168 valence electrons. The Morgan fingerprint density at radius 3 is 2.74 bits per heavy atom. The Morgan fingerprint density at radius 2 is 1.97 bits per heavy atom. The normalized spacial score (nSPS) is 15.1. The highest BCUT2D eigenvalue weighted by Gasteiger charge is 2.30. The average molecular weight is 451 g/mol. The first-order valence-corrected chi connectivity index (χ1v) is 11.0. The van der Waals surface area contributed by atoms with Crippen molar-refractivity contribution in [3.8, 4) is 23.1 Å². The molecular formula is C26H22N6O2. The van der Waals surface area contributed by atoms with E-state index >= 15 is 0 Å². The zero-order valence-electron chi connectivity index (χ0n) is 18.6. The minimum Gasteiger partial charge on any atom is -0.331 e. The Kier molecular flexibility index (Phi) is 5.75. The van der Waals surface area contributed by atoms with Crippen LogP contribution in [0, 0.1) is 11.8 Å². The molecule has 3 aromatic heterocycles. The number of rotatable bonds is 4. The zero-order chi connectivity index (χ0) is 23.5. The van der Waals surface area contributed by atoms with Crippen LogP contribution in [0.3, 0.4) is 0 Å². The standard InChI is InChI=1S/C26H22N6O2/c1-2-5-23(33)31-14-11-20(17-31)25-30-24(21-16-27-13-15-32(21)25)18-7-9-19(10-8-18)26(34)29-22-6-3-4-12-28-22/h3-4,6-10,12-13,15-16,20H,11,14,17H2,1H3,(H,28,29,34). The number of nitrogens with zero attached hydrogens (tertiary/aromatic N) is 5. The highest BCUT2D eigenvalue weighted by Crippen LogP contribution is 2.32. The number of fused-ring (bicyclic) bond motifs is 1. The molecule has 8 nitrogen and oxygen atoms in total. The number of hydrogen-bond donors (Lipinski definition) is 1. The van der Waals surface area contributed by atoms with Gasteiger partial charge < -0.3 is 10.2 Å². The van der Waals surface area contributed by atoms with Gasteiger partial charge in [0.1, 0.15) is 11.6 Å². The first-order valence-electron chi connectivity index (χ1n) is 11.0. The van der Waals surface area contributed by atoms with E-state index in [2.05, 4.69) is 27.1 Å². The van der Waals surface area contributed by atoms with Crippen LogP contribution in [0.5, 0.6) is 0 Å². The summed E-state index contributed by atoms with van der Waals surface area (Å²) in [4.78, 5) is 39.9. The number of hydrogen-bond acceptors (Lipinski definition) is 5. The maximum atomic E-state index is 12.6. The van der Waals surface area contributed by atoms with Crippen LogP contribution >= 0.6 is 0 Å². The van der Waals surface area contributed by atoms with Crippen molar-refractivity contribution >= 4 is 23.1 Å². The Balaban J connectivity index is 1.42. The van der Waals surface area contributed by atoms with Gasteiger partial charge in [-0.15, -0.1) is 0 Å². The molecule has 0 bridgehead atoms. The second-order valence-electron chi connectivity index (χ2n) is 8.01. The highest BCUT2D eigenvalue weighted by molar-refractivity contribution is 6.04. The van der Waals surface area contributed by atoms with Crippen LogP contribution in [-0.2, 0) is 4.79 Å². The summed E-state index contributed by atoms with van der Waals surface area (Å²) in [5.74, 6) is 6.42. The Morgan fingerprint density at radius 1 is 1.12 bits per heavy atom. The van der Waals surface area contributed by atoms with Crippen LogP contribution in [0.2, 0.25) is 0 Å². The van der Waals surface area contributed by atoms with Gasteiger partial charge in [-0.1, -0.05) is 24.1 Å². The number of anilines is 1. The summed E-state index contributed by atoms with van der Waals surface area (Å²) < 4.78 is 2.04. The molecule has 0 radical (unpaired) electrons. The maximum absolute atomic E-state index is 12.6. The molecule has 0 saturated carbocycles. The first-order chi connectivity index (χ1) is 16.6. The van der Waals surface area contributed by atoms with E-state index in [0.717, 1.165) is 29.0 Å². The third-order valence-electron chi connectivity index (χ3n) is 5.87. The topological polar surface area (TPSA) is 92.5 Å². The lowest BCUT2D eigenvalue weighted by atomic mass is 10.1. The lowest BCUT2D eigenvalue weighted by Crippen LogP contribution is -2.27. The molecule has 8 heteroatoms. The molecule has 1 fully saturated rings. The van der Waals surface area contributed by atoms with Gasteiger partial charge in [0.2, 0.25) is 0 Å². The van der Waals surface area contributed by atoms with Gasteiger partial charge >= 0.3 is 0 Å². The summed E-state index contributed by atoms with van der Waals surface area (Å²) in [5.41, 5.74) is 3.08. The number of imidazole rings is 1. The van der Waals surface area contributed by atoms with Crippen molar-refractivity contribution in [1.82, 2.24) is 24.3 Å². The second kappa shape index (κ2) is 9.16. The summed E-state index contributed by atoms with van der Waals surface area (Å²) in [7, 11) is 0. The predicted octanol–water partition coefficient (Wildman–Crippen LogP) is 3.38. The molecule has 2 amide bonds. The van der Waals surface area contributed by atoms with Crippen LogP contribution in [0.4, 0.5) is 5.82 Å². The fourth-order valence-electron chi connectivity index (χ4n) is 4.21. The summed E-state index contributed by atoms with van der Waals surface area (Å²) in [5, 5.41) is 2.79. The SMILES string of the molecule is CC#CC(=O)N1CCC(c2nc(-c3ccc(C(=O)Nc4ccccn4)cc3)c3cnccn23)C1. The highest BCUT2D eigenvalue weighted by atomic mass is 16.2. The van der Waals surface area contributed by atoms with Crippen LogP contribution in [0.15, 0.2) is 67.3 Å². The Hall–Kier alpha value is -4.51. The van der Waals surface area contributed by atoms with Gasteiger partial charge in [-0.2, -0.15) is 0 Å². The van der Waals surface area contributed by atoms with Crippen LogP contribution in [0.1, 0.15) is 35.4 Å². The van der Waals surface area contributed by atoms with Gasteiger partial charge in [0.15, 0.2) is 0 Å². The van der Waals surface area contributed by atoms with E-state index in [4.69, 9.17) is 4.98 Å². The Bertz CT molecular complexity index is 1420. The molecule has 1 unspecified atom stereocenters. The molecule has 1 atom stereocenters. The molecule has 4 heterocycles. The third kappa shape index (κ3) is 4.11. The monoisotopic (exact) mass is 450 g/mol. The number of amides is 2. The molecule has 34 heavy (non-hydrogen) atoms. The number of aromatic nitrogens is 4. The number of pyridine rings is 1. The lowest BCUT2D eigenvalue weighted by Gasteiger charge is -2.12. The largest absolute Gasteiger partial charge is 0.331 e. The average Bonchev–Trinajstić information content (AvgIpc) is 3.50. The molecular weight excluding hydrogens is 428 g/mol. The molecule has 4 aromatic rings. The number of carbonyl (C=O) groups is 2. The predicted molar refractivity (Wildman–Crippen MR) is 128 cm³/mol. The van der Waals surface area contributed by atoms with E-state index in [1.54, 1.807) is 54.7 Å². The molecule has 1 aliphatic heterocycles. The van der Waals surface area contributed by atoms with Crippen molar-refractivity contribution in [2.24, 2.45) is 0 Å². The van der Waals surface area contributed by atoms with E-state index in [9.17, 15) is 9.59 Å². The van der Waals surface area contributed by atoms with Crippen molar-refractivity contribution in [1.29, 1.82) is 0 Å². The molecule has 0 spiro atoms. The van der Waals surface area contributed by atoms with Crippen molar-refractivity contribution < 1.29 is 9.59 Å². The quantitative estimate of drug-likeness (QED) is 0.481. The van der Waals surface area contributed by atoms with Crippen molar-refractivity contribution in [3.05, 3.63) is 78.6 Å². The summed E-state index contributed by atoms with van der Waals surface area (Å²) >= 11 is 0. The van der Waals surface area contributed by atoms with Crippen LogP contribution in [-0.4, -0.2) is 49.2 Å². The fourth-order valence-corrected chi connectivity index (χ4v) is 4.21. The number of carbonyl (C=O) groups excluding carboxylic acids is 2. The van der Waals surface area contributed by atoms with E-state index in [1.165, 1.54) is 0 Å². The fraction of sp³-hybridized carbons (Fsp3) is 0.192. The second-order valence-corrected chi connectivity index (χ2v) is 8.01. The molecule has 1 aliphatic rings. The summed E-state index contributed by atoms with van der Waals surface area (Å²) in [6.45, 7) is 2.91. The van der Waals surface area contributed by atoms with Gasteiger partial charge in [-0.05, 0) is 43.5 Å². The summed E-state index contributed by atoms with van der Waals surface area (Å²) in [6, 6.07) is 12.7. The van der Waals surface area contributed by atoms with E-state index in [0.29, 0.717) is 24.5 Å². The maximum Gasteiger partial charge on any atom is 0.298 e. The van der Waals surface area contributed by atoms with Crippen molar-refractivity contribution in [2.75, 3.05) is 18.4 Å². The molecule has 1 N–H and O–H groups in total. The van der Waals surface area contributed by atoms with Gasteiger partial charge in [0.05, 0.1) is 17.4 Å². The number of benzene rings is 1. The van der Waals surface area contributed by atoms with Crippen LogP contribution in [0.25, 0.3) is 16.8 Å². The smallest absolute Gasteiger partial charge is 0.298 e. The molecule has 1 saturated heterocycles. The molecule has 1 aromatic carbocycles. The van der Waals surface area contributed by atoms with Crippen LogP contribution < -0.4 is 5.32 Å². The number of nitrogens with one attached hydrogen (secondary N) is 1. The van der Waals surface area contributed by atoms with E-state index in [-0.39, 0.29) is 17.7 Å². The minimum atomic E-state index is -0.229. The summed E-state index contributed by atoms with van der Waals surface area (Å²) in [6.07, 6.45) is 7.86. The first kappa shape index (κ1) is 21.3. The van der Waals surface area contributed by atoms with Gasteiger partial charge in [0.25, 0.3) is 11.8 Å². The number of likely N-dealkylation sites (tertiary alicyclic amines) is 1. The van der Waals surface area contributed by atoms with Crippen molar-refractivity contribution in [3.63, 3.8) is 0 Å². The van der Waals surface area contributed by atoms with E-state index in [1.807, 2.05) is 28.8 Å². The van der Waals surface area contributed by atoms with Gasteiger partial charge in [-0.25, -0.2) is 9.97 Å². The zero-order valence-corrected chi connectivity index (χ0v) is 18.6. The molecule has 5 rings (SSSR count). The van der Waals surface area contributed by atoms with Gasteiger partial charge in [-0.3, -0.25) is 19.0 Å². The lowest BCUT2D eigenvalue weighted by molar-refractivity contribution is -0.124. The molecule has 0 aliphatic carbocycles.